The van der Waals surface area contributed by atoms with Gasteiger partial charge < -0.3 is 10.4 Å². The first-order chi connectivity index (χ1) is 8.17. The first kappa shape index (κ1) is 14.1. The molecule has 2 N–H and O–H groups in total. The topological polar surface area (TPSA) is 32.3 Å². The van der Waals surface area contributed by atoms with Crippen LogP contribution in [0.3, 0.4) is 0 Å². The van der Waals surface area contributed by atoms with E-state index >= 15 is 0 Å². The zero-order chi connectivity index (χ0) is 12.7. The summed E-state index contributed by atoms with van der Waals surface area (Å²) in [5.41, 5.74) is 0.595. The molecule has 0 aliphatic rings. The number of halogens is 1. The number of nitrogens with one attached hydrogen (secondary N) is 1. The molecule has 0 unspecified atom stereocenters. The molecule has 0 heterocycles. The van der Waals surface area contributed by atoms with Gasteiger partial charge in [-0.25, -0.2) is 4.39 Å². The lowest BCUT2D eigenvalue weighted by molar-refractivity contribution is 0.113. The van der Waals surface area contributed by atoms with Gasteiger partial charge in [0.15, 0.2) is 0 Å². The third kappa shape index (κ3) is 3.79. The van der Waals surface area contributed by atoms with Crippen LogP contribution in [-0.2, 0) is 6.54 Å². The first-order valence-electron chi connectivity index (χ1n) is 6.22. The molecule has 0 saturated carbocycles. The number of aliphatic hydroxyl groups excluding tert-OH is 1. The van der Waals surface area contributed by atoms with Crippen molar-refractivity contribution in [2.75, 3.05) is 13.2 Å². The third-order valence-electron chi connectivity index (χ3n) is 3.61. The monoisotopic (exact) mass is 239 g/mol. The lowest BCUT2D eigenvalue weighted by atomic mass is 9.83. The van der Waals surface area contributed by atoms with E-state index in [1.165, 1.54) is 6.07 Å². The zero-order valence-corrected chi connectivity index (χ0v) is 10.7. The van der Waals surface area contributed by atoms with Gasteiger partial charge in [-0.3, -0.25) is 0 Å². The minimum atomic E-state index is -0.178. The zero-order valence-electron chi connectivity index (χ0n) is 10.7. The Hall–Kier alpha value is -0.930. The van der Waals surface area contributed by atoms with E-state index in [-0.39, 0.29) is 17.8 Å². The van der Waals surface area contributed by atoms with Gasteiger partial charge >= 0.3 is 0 Å². The van der Waals surface area contributed by atoms with E-state index in [2.05, 4.69) is 19.2 Å². The second-order valence-electron chi connectivity index (χ2n) is 4.56. The van der Waals surface area contributed by atoms with E-state index in [9.17, 15) is 9.50 Å². The number of hydrogen-bond donors (Lipinski definition) is 2. The molecule has 0 bridgehead atoms. The van der Waals surface area contributed by atoms with E-state index < -0.39 is 0 Å². The average Bonchev–Trinajstić information content (AvgIpc) is 2.37. The summed E-state index contributed by atoms with van der Waals surface area (Å²) in [6.45, 7) is 5.54. The molecule has 0 aromatic heterocycles. The molecule has 96 valence electrons. The van der Waals surface area contributed by atoms with Crippen LogP contribution < -0.4 is 5.32 Å². The van der Waals surface area contributed by atoms with Gasteiger partial charge in [0.25, 0.3) is 0 Å². The molecule has 0 amide bonds. The van der Waals surface area contributed by atoms with Gasteiger partial charge in [-0.1, -0.05) is 32.0 Å². The number of aliphatic hydroxyl groups is 1. The van der Waals surface area contributed by atoms with E-state index in [4.69, 9.17) is 0 Å². The quantitative estimate of drug-likeness (QED) is 0.767. The van der Waals surface area contributed by atoms with Crippen LogP contribution in [0.4, 0.5) is 4.39 Å². The highest BCUT2D eigenvalue weighted by atomic mass is 19.1. The van der Waals surface area contributed by atoms with Crippen LogP contribution in [0.15, 0.2) is 24.3 Å². The molecule has 0 aliphatic carbocycles. The van der Waals surface area contributed by atoms with Gasteiger partial charge in [0, 0.05) is 30.7 Å². The Morgan fingerprint density at radius 2 is 1.88 bits per heavy atom. The highest BCUT2D eigenvalue weighted by Crippen LogP contribution is 2.24. The van der Waals surface area contributed by atoms with Gasteiger partial charge in [0.1, 0.15) is 5.82 Å². The number of benzene rings is 1. The van der Waals surface area contributed by atoms with Crippen LogP contribution in [0.25, 0.3) is 0 Å². The fraction of sp³-hybridized carbons (Fsp3) is 0.571. The molecule has 1 aromatic rings. The van der Waals surface area contributed by atoms with Crippen molar-refractivity contribution in [1.82, 2.24) is 5.32 Å². The molecule has 2 nitrogen and oxygen atoms in total. The number of hydrogen-bond acceptors (Lipinski definition) is 2. The van der Waals surface area contributed by atoms with Gasteiger partial charge in [0.2, 0.25) is 0 Å². The molecule has 0 atom stereocenters. The van der Waals surface area contributed by atoms with Crippen LogP contribution in [-0.4, -0.2) is 18.3 Å². The fourth-order valence-electron chi connectivity index (χ4n) is 1.88. The summed E-state index contributed by atoms with van der Waals surface area (Å²) in [7, 11) is 0. The molecule has 1 aromatic carbocycles. The molecular weight excluding hydrogens is 217 g/mol. The molecule has 0 saturated heterocycles. The fourth-order valence-corrected chi connectivity index (χ4v) is 1.88. The van der Waals surface area contributed by atoms with E-state index in [1.54, 1.807) is 12.1 Å². The average molecular weight is 239 g/mol. The second kappa shape index (κ2) is 6.72. The lowest BCUT2D eigenvalue weighted by Crippen LogP contribution is -2.36. The van der Waals surface area contributed by atoms with Gasteiger partial charge in [-0.15, -0.1) is 0 Å². The minimum absolute atomic E-state index is 0.0781. The molecule has 1 rings (SSSR count). The maximum absolute atomic E-state index is 13.4. The molecule has 17 heavy (non-hydrogen) atoms. The maximum atomic E-state index is 13.4. The van der Waals surface area contributed by atoms with Crippen molar-refractivity contribution in [3.8, 4) is 0 Å². The molecule has 3 heteroatoms. The van der Waals surface area contributed by atoms with Crippen LogP contribution in [0.5, 0.6) is 0 Å². The Labute approximate surface area is 103 Å². The predicted molar refractivity (Wildman–Crippen MR) is 68.2 cm³/mol. The van der Waals surface area contributed by atoms with Crippen LogP contribution in [0.2, 0.25) is 0 Å². The largest absolute Gasteiger partial charge is 0.396 e. The highest BCUT2D eigenvalue weighted by Gasteiger charge is 2.24. The van der Waals surface area contributed by atoms with E-state index in [0.29, 0.717) is 18.7 Å². The van der Waals surface area contributed by atoms with Crippen molar-refractivity contribution < 1.29 is 9.50 Å². The third-order valence-corrected chi connectivity index (χ3v) is 3.61. The summed E-state index contributed by atoms with van der Waals surface area (Å²) < 4.78 is 13.4. The van der Waals surface area contributed by atoms with Crippen molar-refractivity contribution in [3.05, 3.63) is 35.6 Å². The van der Waals surface area contributed by atoms with Crippen LogP contribution >= 0.6 is 0 Å². The van der Waals surface area contributed by atoms with E-state index in [1.807, 2.05) is 6.07 Å². The van der Waals surface area contributed by atoms with Crippen LogP contribution in [0, 0.1) is 11.2 Å². The normalized spacial score (nSPS) is 11.8. The molecule has 0 fully saturated rings. The molecule has 0 aliphatic heterocycles. The van der Waals surface area contributed by atoms with Crippen molar-refractivity contribution in [3.63, 3.8) is 0 Å². The first-order valence-corrected chi connectivity index (χ1v) is 6.22. The molecular formula is C14H22FNO. The van der Waals surface area contributed by atoms with Crippen molar-refractivity contribution >= 4 is 0 Å². The smallest absolute Gasteiger partial charge is 0.127 e. The summed E-state index contributed by atoms with van der Waals surface area (Å²) in [6, 6.07) is 6.77. The Kier molecular flexibility index (Phi) is 5.59. The highest BCUT2D eigenvalue weighted by molar-refractivity contribution is 5.16. The predicted octanol–water partition coefficient (Wildman–Crippen LogP) is 2.71. The van der Waals surface area contributed by atoms with Gasteiger partial charge in [-0.05, 0) is 18.9 Å². The Balaban J connectivity index is 2.49. The Morgan fingerprint density at radius 3 is 2.41 bits per heavy atom. The van der Waals surface area contributed by atoms with Gasteiger partial charge in [0.05, 0.1) is 0 Å². The second-order valence-corrected chi connectivity index (χ2v) is 4.56. The summed E-state index contributed by atoms with van der Waals surface area (Å²) in [6.07, 6.45) is 1.84. The van der Waals surface area contributed by atoms with Crippen LogP contribution in [0.1, 0.15) is 32.3 Å². The SMILES string of the molecule is CCC(CC)(CO)CNCc1ccccc1F. The van der Waals surface area contributed by atoms with Crippen molar-refractivity contribution in [2.24, 2.45) is 5.41 Å². The maximum Gasteiger partial charge on any atom is 0.127 e. The van der Waals surface area contributed by atoms with Crippen molar-refractivity contribution in [1.29, 1.82) is 0 Å². The van der Waals surface area contributed by atoms with Gasteiger partial charge in [-0.2, -0.15) is 0 Å². The molecule has 0 radical (unpaired) electrons. The summed E-state index contributed by atoms with van der Waals surface area (Å²) in [4.78, 5) is 0. The lowest BCUT2D eigenvalue weighted by Gasteiger charge is -2.29. The summed E-state index contributed by atoms with van der Waals surface area (Å²) in [5.74, 6) is -0.178. The standard InChI is InChI=1S/C14H22FNO/c1-3-14(4-2,11-17)10-16-9-12-7-5-6-8-13(12)15/h5-8,16-17H,3-4,9-11H2,1-2H3. The minimum Gasteiger partial charge on any atom is -0.396 e. The summed E-state index contributed by atoms with van der Waals surface area (Å²) in [5, 5.41) is 12.7. The Morgan fingerprint density at radius 1 is 1.24 bits per heavy atom. The number of rotatable bonds is 7. The summed E-state index contributed by atoms with van der Waals surface area (Å²) >= 11 is 0. The Bertz CT molecular complexity index is 328. The van der Waals surface area contributed by atoms with E-state index in [0.717, 1.165) is 12.8 Å². The van der Waals surface area contributed by atoms with Crippen molar-refractivity contribution in [2.45, 2.75) is 33.2 Å². The molecule has 0 spiro atoms.